The van der Waals surface area contributed by atoms with Crippen LogP contribution in [0.1, 0.15) is 38.2 Å². The number of ketones is 1. The summed E-state index contributed by atoms with van der Waals surface area (Å²) >= 11 is 0. The molecule has 0 aliphatic heterocycles. The van der Waals surface area contributed by atoms with Gasteiger partial charge in [-0.2, -0.15) is 0 Å². The first kappa shape index (κ1) is 11.1. The molecule has 0 bridgehead atoms. The maximum atomic E-state index is 11.8. The average Bonchev–Trinajstić information content (AvgIpc) is 2.30. The molecule has 1 aromatic rings. The molecular weight excluding hydrogens is 196 g/mol. The molecule has 84 valence electrons. The third-order valence-corrected chi connectivity index (χ3v) is 3.31. The Morgan fingerprint density at radius 1 is 1.06 bits per heavy atom. The molecule has 16 heavy (non-hydrogen) atoms. The van der Waals surface area contributed by atoms with Crippen molar-refractivity contribution in [3.05, 3.63) is 47.0 Å². The lowest BCUT2D eigenvalue weighted by molar-refractivity contribution is -0.116. The summed E-state index contributed by atoms with van der Waals surface area (Å²) in [4.78, 5) is 11.8. The van der Waals surface area contributed by atoms with Gasteiger partial charge in [-0.1, -0.05) is 35.9 Å². The molecule has 0 fully saturated rings. The standard InChI is InChI=1S/C15H18O/c1-12-6-5-9-15(16)14(12)11-10-13-7-3-2-4-8-13/h2-4,7-8H,5-6,9-11H2,1H3. The van der Waals surface area contributed by atoms with Crippen LogP contribution in [0.25, 0.3) is 0 Å². The van der Waals surface area contributed by atoms with E-state index in [4.69, 9.17) is 0 Å². The van der Waals surface area contributed by atoms with Crippen LogP contribution in [-0.2, 0) is 11.2 Å². The number of aryl methyl sites for hydroxylation is 1. The van der Waals surface area contributed by atoms with Gasteiger partial charge < -0.3 is 0 Å². The fourth-order valence-corrected chi connectivity index (χ4v) is 2.32. The van der Waals surface area contributed by atoms with Crippen molar-refractivity contribution in [3.63, 3.8) is 0 Å². The Hall–Kier alpha value is -1.37. The normalized spacial score (nSPS) is 16.7. The molecule has 1 heteroatoms. The van der Waals surface area contributed by atoms with Gasteiger partial charge in [-0.3, -0.25) is 4.79 Å². The Labute approximate surface area is 97.2 Å². The zero-order valence-electron chi connectivity index (χ0n) is 9.83. The van der Waals surface area contributed by atoms with Gasteiger partial charge in [0.2, 0.25) is 0 Å². The summed E-state index contributed by atoms with van der Waals surface area (Å²) < 4.78 is 0. The van der Waals surface area contributed by atoms with E-state index in [-0.39, 0.29) is 0 Å². The fourth-order valence-electron chi connectivity index (χ4n) is 2.32. The van der Waals surface area contributed by atoms with Gasteiger partial charge in [-0.15, -0.1) is 0 Å². The summed E-state index contributed by atoms with van der Waals surface area (Å²) in [5.74, 6) is 0.375. The van der Waals surface area contributed by atoms with Gasteiger partial charge in [-0.05, 0) is 43.7 Å². The first-order valence-corrected chi connectivity index (χ1v) is 6.03. The van der Waals surface area contributed by atoms with Crippen LogP contribution in [0.3, 0.4) is 0 Å². The SMILES string of the molecule is CC1=C(CCc2ccccc2)C(=O)CCC1. The lowest BCUT2D eigenvalue weighted by Crippen LogP contribution is -2.11. The van der Waals surface area contributed by atoms with E-state index < -0.39 is 0 Å². The molecule has 2 rings (SSSR count). The molecule has 1 aromatic carbocycles. The Morgan fingerprint density at radius 2 is 1.81 bits per heavy atom. The largest absolute Gasteiger partial charge is 0.295 e. The predicted octanol–water partition coefficient (Wildman–Crippen LogP) is 3.69. The van der Waals surface area contributed by atoms with Crippen molar-refractivity contribution < 1.29 is 4.79 Å². The molecule has 0 heterocycles. The van der Waals surface area contributed by atoms with Crippen LogP contribution < -0.4 is 0 Å². The van der Waals surface area contributed by atoms with Crippen LogP contribution in [0.4, 0.5) is 0 Å². The summed E-state index contributed by atoms with van der Waals surface area (Å²) in [6, 6.07) is 10.4. The van der Waals surface area contributed by atoms with E-state index in [1.54, 1.807) is 0 Å². The average molecular weight is 214 g/mol. The van der Waals surface area contributed by atoms with Gasteiger partial charge in [0.15, 0.2) is 5.78 Å². The molecule has 0 N–H and O–H groups in total. The molecular formula is C15H18O. The van der Waals surface area contributed by atoms with Crippen molar-refractivity contribution in [2.45, 2.75) is 39.0 Å². The second kappa shape index (κ2) is 5.11. The van der Waals surface area contributed by atoms with E-state index in [1.807, 2.05) is 6.07 Å². The molecule has 0 spiro atoms. The maximum absolute atomic E-state index is 11.8. The van der Waals surface area contributed by atoms with Crippen LogP contribution in [-0.4, -0.2) is 5.78 Å². The fraction of sp³-hybridized carbons (Fsp3) is 0.400. The van der Waals surface area contributed by atoms with Gasteiger partial charge in [0.1, 0.15) is 0 Å². The first-order valence-electron chi connectivity index (χ1n) is 6.03. The Morgan fingerprint density at radius 3 is 2.50 bits per heavy atom. The summed E-state index contributed by atoms with van der Waals surface area (Å²) in [6.45, 7) is 2.11. The molecule has 1 aliphatic carbocycles. The lowest BCUT2D eigenvalue weighted by Gasteiger charge is -2.16. The van der Waals surface area contributed by atoms with Crippen molar-refractivity contribution in [1.29, 1.82) is 0 Å². The quantitative estimate of drug-likeness (QED) is 0.750. The molecule has 0 aromatic heterocycles. The van der Waals surface area contributed by atoms with Crippen LogP contribution in [0, 0.1) is 0 Å². The maximum Gasteiger partial charge on any atom is 0.158 e. The lowest BCUT2D eigenvalue weighted by atomic mass is 9.88. The van der Waals surface area contributed by atoms with Gasteiger partial charge in [-0.25, -0.2) is 0 Å². The molecule has 0 saturated heterocycles. The van der Waals surface area contributed by atoms with Crippen molar-refractivity contribution in [2.24, 2.45) is 0 Å². The van der Waals surface area contributed by atoms with Gasteiger partial charge >= 0.3 is 0 Å². The van der Waals surface area contributed by atoms with Crippen molar-refractivity contribution in [3.8, 4) is 0 Å². The van der Waals surface area contributed by atoms with Crippen molar-refractivity contribution >= 4 is 5.78 Å². The highest BCUT2D eigenvalue weighted by Crippen LogP contribution is 2.24. The van der Waals surface area contributed by atoms with E-state index in [9.17, 15) is 4.79 Å². The van der Waals surface area contributed by atoms with E-state index >= 15 is 0 Å². The number of allylic oxidation sites excluding steroid dienone is 2. The van der Waals surface area contributed by atoms with Gasteiger partial charge in [0.25, 0.3) is 0 Å². The minimum atomic E-state index is 0.375. The predicted molar refractivity (Wildman–Crippen MR) is 66.3 cm³/mol. The highest BCUT2D eigenvalue weighted by atomic mass is 16.1. The van der Waals surface area contributed by atoms with Crippen LogP contribution >= 0.6 is 0 Å². The highest BCUT2D eigenvalue weighted by Gasteiger charge is 2.17. The molecule has 0 saturated carbocycles. The van der Waals surface area contributed by atoms with Gasteiger partial charge in [0.05, 0.1) is 0 Å². The molecule has 1 nitrogen and oxygen atoms in total. The number of rotatable bonds is 3. The zero-order chi connectivity index (χ0) is 11.4. The van der Waals surface area contributed by atoms with Crippen molar-refractivity contribution in [2.75, 3.05) is 0 Å². The number of hydrogen-bond donors (Lipinski definition) is 0. The van der Waals surface area contributed by atoms with Crippen LogP contribution in [0.5, 0.6) is 0 Å². The summed E-state index contributed by atoms with van der Waals surface area (Å²) in [5.41, 5.74) is 3.73. The third kappa shape index (κ3) is 2.60. The minimum absolute atomic E-state index is 0.375. The second-order valence-corrected chi connectivity index (χ2v) is 4.52. The van der Waals surface area contributed by atoms with E-state index in [0.717, 1.165) is 37.7 Å². The number of hydrogen-bond acceptors (Lipinski definition) is 1. The number of carbonyl (C=O) groups excluding carboxylic acids is 1. The Kier molecular flexibility index (Phi) is 3.55. The first-order chi connectivity index (χ1) is 7.77. The van der Waals surface area contributed by atoms with E-state index in [0.29, 0.717) is 5.78 Å². The summed E-state index contributed by atoms with van der Waals surface area (Å²) in [5, 5.41) is 0. The zero-order valence-corrected chi connectivity index (χ0v) is 9.83. The highest BCUT2D eigenvalue weighted by molar-refractivity contribution is 5.96. The molecule has 0 amide bonds. The number of benzene rings is 1. The Bertz CT molecular complexity index is 401. The Balaban J connectivity index is 2.02. The molecule has 0 unspecified atom stereocenters. The van der Waals surface area contributed by atoms with E-state index in [2.05, 4.69) is 31.2 Å². The molecule has 1 aliphatic rings. The summed E-state index contributed by atoms with van der Waals surface area (Å²) in [6.07, 6.45) is 4.80. The minimum Gasteiger partial charge on any atom is -0.295 e. The van der Waals surface area contributed by atoms with Crippen LogP contribution in [0.2, 0.25) is 0 Å². The smallest absolute Gasteiger partial charge is 0.158 e. The second-order valence-electron chi connectivity index (χ2n) is 4.52. The van der Waals surface area contributed by atoms with E-state index in [1.165, 1.54) is 11.1 Å². The molecule has 0 radical (unpaired) electrons. The third-order valence-electron chi connectivity index (χ3n) is 3.31. The molecule has 0 atom stereocenters. The number of carbonyl (C=O) groups is 1. The topological polar surface area (TPSA) is 17.1 Å². The van der Waals surface area contributed by atoms with Crippen LogP contribution in [0.15, 0.2) is 41.5 Å². The summed E-state index contributed by atoms with van der Waals surface area (Å²) in [7, 11) is 0. The monoisotopic (exact) mass is 214 g/mol. The van der Waals surface area contributed by atoms with Crippen molar-refractivity contribution in [1.82, 2.24) is 0 Å². The number of Topliss-reactive ketones (excluding diaryl/α,β-unsaturated/α-hetero) is 1. The van der Waals surface area contributed by atoms with Gasteiger partial charge in [0, 0.05) is 6.42 Å².